The average Bonchev–Trinajstić information content (AvgIpc) is 3.08. The number of aliphatic hydroxyl groups is 1. The summed E-state index contributed by atoms with van der Waals surface area (Å²) in [5, 5.41) is 10.3. The van der Waals surface area contributed by atoms with Gasteiger partial charge in [-0.3, -0.25) is 4.90 Å². The molecule has 1 saturated heterocycles. The quantitative estimate of drug-likeness (QED) is 0.795. The van der Waals surface area contributed by atoms with Crippen LogP contribution in [0.15, 0.2) is 23.8 Å². The van der Waals surface area contributed by atoms with Crippen molar-refractivity contribution in [1.82, 2.24) is 4.90 Å². The lowest BCUT2D eigenvalue weighted by Gasteiger charge is -2.33. The topological polar surface area (TPSA) is 51.2 Å². The van der Waals surface area contributed by atoms with Crippen molar-refractivity contribution < 1.29 is 19.3 Å². The SMILES string of the molecule is CO[C@H]1C[C@H]2C(=C[C@@H]1O)[C@H]1CN2Cc2cc3c(cc21)OCO3. The van der Waals surface area contributed by atoms with Crippen LogP contribution in [0.1, 0.15) is 23.5 Å². The lowest BCUT2D eigenvalue weighted by Crippen LogP contribution is -2.40. The van der Waals surface area contributed by atoms with Crippen molar-refractivity contribution in [1.29, 1.82) is 0 Å². The standard InChI is InChI=1S/C17H19NO4/c1-20-15-5-13-11(3-14(15)19)12-7-18(13)6-9-2-16-17(4-10(9)12)22-8-21-16/h2-4,12-15,19H,5-8H2,1H3/t12-,13-,14-,15-/m0/s1. The number of ether oxygens (including phenoxy) is 3. The van der Waals surface area contributed by atoms with E-state index in [0.717, 1.165) is 31.0 Å². The maximum absolute atomic E-state index is 10.3. The summed E-state index contributed by atoms with van der Waals surface area (Å²) in [4.78, 5) is 2.50. The van der Waals surface area contributed by atoms with Crippen LogP contribution in [0.25, 0.3) is 0 Å². The summed E-state index contributed by atoms with van der Waals surface area (Å²) >= 11 is 0. The van der Waals surface area contributed by atoms with Crippen molar-refractivity contribution >= 4 is 0 Å². The minimum atomic E-state index is -0.505. The molecule has 1 aromatic carbocycles. The van der Waals surface area contributed by atoms with Gasteiger partial charge in [0.05, 0.1) is 12.2 Å². The highest BCUT2D eigenvalue weighted by atomic mass is 16.7. The van der Waals surface area contributed by atoms with Gasteiger partial charge in [-0.1, -0.05) is 6.08 Å². The molecule has 5 rings (SSSR count). The van der Waals surface area contributed by atoms with Crippen molar-refractivity contribution in [2.24, 2.45) is 0 Å². The van der Waals surface area contributed by atoms with E-state index >= 15 is 0 Å². The fraction of sp³-hybridized carbons (Fsp3) is 0.529. The average molecular weight is 301 g/mol. The first kappa shape index (κ1) is 12.9. The summed E-state index contributed by atoms with van der Waals surface area (Å²) < 4.78 is 16.5. The summed E-state index contributed by atoms with van der Waals surface area (Å²) in [6.07, 6.45) is 2.27. The molecular weight excluding hydrogens is 282 g/mol. The molecule has 5 heteroatoms. The second-order valence-electron chi connectivity index (χ2n) is 6.57. The van der Waals surface area contributed by atoms with Crippen LogP contribution in [-0.2, 0) is 11.3 Å². The van der Waals surface area contributed by atoms with E-state index < -0.39 is 6.10 Å². The van der Waals surface area contributed by atoms with Gasteiger partial charge in [-0.15, -0.1) is 0 Å². The lowest BCUT2D eigenvalue weighted by atomic mass is 9.82. The number of fused-ring (bicyclic) bond motifs is 8. The second-order valence-corrected chi connectivity index (χ2v) is 6.57. The van der Waals surface area contributed by atoms with Crippen LogP contribution in [0, 0.1) is 0 Å². The first-order chi connectivity index (χ1) is 10.7. The number of rotatable bonds is 1. The molecule has 22 heavy (non-hydrogen) atoms. The van der Waals surface area contributed by atoms with Gasteiger partial charge in [0.2, 0.25) is 6.79 Å². The molecule has 1 unspecified atom stereocenters. The number of hydrogen-bond donors (Lipinski definition) is 1. The number of hydrogen-bond acceptors (Lipinski definition) is 5. The Morgan fingerprint density at radius 1 is 1.27 bits per heavy atom. The van der Waals surface area contributed by atoms with Crippen LogP contribution in [0.5, 0.6) is 11.5 Å². The molecule has 5 nitrogen and oxygen atoms in total. The highest BCUT2D eigenvalue weighted by Gasteiger charge is 2.46. The van der Waals surface area contributed by atoms with Gasteiger partial charge >= 0.3 is 0 Å². The molecule has 0 radical (unpaired) electrons. The maximum Gasteiger partial charge on any atom is 0.231 e. The summed E-state index contributed by atoms with van der Waals surface area (Å²) in [6.45, 7) is 2.26. The van der Waals surface area contributed by atoms with Gasteiger partial charge in [-0.25, -0.2) is 0 Å². The number of benzene rings is 1. The molecule has 0 saturated carbocycles. The van der Waals surface area contributed by atoms with E-state index in [2.05, 4.69) is 17.0 Å². The Morgan fingerprint density at radius 2 is 2.09 bits per heavy atom. The molecule has 3 heterocycles. The molecule has 0 amide bonds. The highest BCUT2D eigenvalue weighted by molar-refractivity contribution is 5.54. The van der Waals surface area contributed by atoms with Crippen LogP contribution in [0.2, 0.25) is 0 Å². The Bertz CT molecular complexity index is 671. The molecular formula is C17H19NO4. The van der Waals surface area contributed by atoms with E-state index in [1.54, 1.807) is 7.11 Å². The summed E-state index contributed by atoms with van der Waals surface area (Å²) in [7, 11) is 1.68. The third-order valence-electron chi connectivity index (χ3n) is 5.53. The Labute approximate surface area is 129 Å². The van der Waals surface area contributed by atoms with Gasteiger partial charge in [0.15, 0.2) is 11.5 Å². The molecule has 116 valence electrons. The molecule has 5 atom stereocenters. The predicted octanol–water partition coefficient (Wildman–Crippen LogP) is 1.40. The fourth-order valence-electron chi connectivity index (χ4n) is 4.45. The van der Waals surface area contributed by atoms with Gasteiger partial charge < -0.3 is 19.3 Å². The Hall–Kier alpha value is -1.56. The normalized spacial score (nSPS) is 37.5. The molecule has 1 aromatic rings. The molecule has 1 N–H and O–H groups in total. The van der Waals surface area contributed by atoms with E-state index in [4.69, 9.17) is 14.2 Å². The third kappa shape index (κ3) is 1.64. The molecule has 2 bridgehead atoms. The second kappa shape index (κ2) is 4.47. The van der Waals surface area contributed by atoms with Crippen molar-refractivity contribution in [2.75, 3.05) is 20.4 Å². The zero-order valence-corrected chi connectivity index (χ0v) is 12.5. The van der Waals surface area contributed by atoms with Crippen molar-refractivity contribution in [3.05, 3.63) is 34.9 Å². The van der Waals surface area contributed by atoms with Gasteiger partial charge in [-0.2, -0.15) is 0 Å². The number of nitrogens with zero attached hydrogens (tertiary/aromatic N) is 1. The zero-order valence-electron chi connectivity index (χ0n) is 12.5. The van der Waals surface area contributed by atoms with Gasteiger partial charge in [-0.05, 0) is 35.3 Å². The van der Waals surface area contributed by atoms with Crippen LogP contribution >= 0.6 is 0 Å². The van der Waals surface area contributed by atoms with E-state index in [0.29, 0.717) is 18.8 Å². The van der Waals surface area contributed by atoms with Crippen molar-refractivity contribution in [3.8, 4) is 11.5 Å². The minimum Gasteiger partial charge on any atom is -0.454 e. The van der Waals surface area contributed by atoms with E-state index in [9.17, 15) is 5.11 Å². The summed E-state index contributed by atoms with van der Waals surface area (Å²) in [5.74, 6) is 2.06. The van der Waals surface area contributed by atoms with Gasteiger partial charge in [0.25, 0.3) is 0 Å². The Balaban J connectivity index is 1.59. The summed E-state index contributed by atoms with van der Waals surface area (Å²) in [6, 6.07) is 4.64. The first-order valence-corrected chi connectivity index (χ1v) is 7.83. The van der Waals surface area contributed by atoms with Gasteiger partial charge in [0, 0.05) is 32.2 Å². The van der Waals surface area contributed by atoms with E-state index in [1.807, 2.05) is 6.08 Å². The molecule has 1 aliphatic carbocycles. The number of methoxy groups -OCH3 is 1. The summed E-state index contributed by atoms with van der Waals surface area (Å²) in [5.41, 5.74) is 4.00. The van der Waals surface area contributed by atoms with Gasteiger partial charge in [0.1, 0.15) is 0 Å². The Morgan fingerprint density at radius 3 is 2.91 bits per heavy atom. The monoisotopic (exact) mass is 301 g/mol. The largest absolute Gasteiger partial charge is 0.454 e. The van der Waals surface area contributed by atoms with Crippen molar-refractivity contribution in [3.63, 3.8) is 0 Å². The molecule has 0 spiro atoms. The van der Waals surface area contributed by atoms with Crippen LogP contribution in [0.3, 0.4) is 0 Å². The Kier molecular flexibility index (Phi) is 2.63. The highest BCUT2D eigenvalue weighted by Crippen LogP contribution is 2.49. The third-order valence-corrected chi connectivity index (χ3v) is 5.53. The van der Waals surface area contributed by atoms with Crippen LogP contribution in [0.4, 0.5) is 0 Å². The minimum absolute atomic E-state index is 0.104. The fourth-order valence-corrected chi connectivity index (χ4v) is 4.45. The van der Waals surface area contributed by atoms with Crippen LogP contribution in [-0.4, -0.2) is 48.7 Å². The van der Waals surface area contributed by atoms with E-state index in [1.165, 1.54) is 16.7 Å². The number of aliphatic hydroxyl groups excluding tert-OH is 1. The molecule has 4 aliphatic rings. The van der Waals surface area contributed by atoms with Crippen molar-refractivity contribution in [2.45, 2.75) is 37.1 Å². The maximum atomic E-state index is 10.3. The molecule has 1 fully saturated rings. The smallest absolute Gasteiger partial charge is 0.231 e. The molecule has 3 aliphatic heterocycles. The van der Waals surface area contributed by atoms with E-state index in [-0.39, 0.29) is 6.10 Å². The first-order valence-electron chi connectivity index (χ1n) is 7.83. The molecule has 0 aromatic heterocycles. The zero-order chi connectivity index (χ0) is 14.8. The lowest BCUT2D eigenvalue weighted by molar-refractivity contribution is -0.0108. The predicted molar refractivity (Wildman–Crippen MR) is 79.0 cm³/mol. The van der Waals surface area contributed by atoms with Crippen LogP contribution < -0.4 is 9.47 Å².